The topological polar surface area (TPSA) is 48.8 Å². The van der Waals surface area contributed by atoms with Crippen LogP contribution in [-0.4, -0.2) is 41.5 Å². The van der Waals surface area contributed by atoms with E-state index in [1.165, 1.54) is 11.3 Å². The Hall–Kier alpha value is -2.05. The van der Waals surface area contributed by atoms with Crippen LogP contribution in [0.2, 0.25) is 0 Å². The Morgan fingerprint density at radius 2 is 2.17 bits per heavy atom. The van der Waals surface area contributed by atoms with E-state index < -0.39 is 0 Å². The molecule has 0 bridgehead atoms. The van der Waals surface area contributed by atoms with Crippen molar-refractivity contribution in [3.8, 4) is 11.5 Å². The summed E-state index contributed by atoms with van der Waals surface area (Å²) >= 11 is 0. The third kappa shape index (κ3) is 2.68. The van der Waals surface area contributed by atoms with Crippen LogP contribution >= 0.6 is 0 Å². The maximum absolute atomic E-state index is 5.47. The summed E-state index contributed by atoms with van der Waals surface area (Å²) in [6.45, 7) is 3.73. The maximum Gasteiger partial charge on any atom is 0.231 e. The predicted octanol–water partition coefficient (Wildman–Crippen LogP) is 1.89. The van der Waals surface area contributed by atoms with Crippen molar-refractivity contribution >= 4 is 0 Å². The van der Waals surface area contributed by atoms with E-state index in [-0.39, 0.29) is 0 Å². The van der Waals surface area contributed by atoms with Crippen molar-refractivity contribution in [3.05, 3.63) is 41.5 Å². The first-order chi connectivity index (χ1) is 11.2. The molecule has 0 N–H and O–H groups in total. The summed E-state index contributed by atoms with van der Waals surface area (Å²) in [6.07, 6.45) is 1.90. The standard InChI is InChI=1S/C17H21N3O3/c1-19-10-18-14-8-20(7-13(9-21-2)17(14)19)6-12-3-4-15-16(5-12)23-11-22-15/h3-5,10,13H,6-9,11H2,1-2H3. The second-order valence-corrected chi connectivity index (χ2v) is 6.20. The molecule has 3 heterocycles. The monoisotopic (exact) mass is 315 g/mol. The van der Waals surface area contributed by atoms with E-state index in [0.29, 0.717) is 19.3 Å². The van der Waals surface area contributed by atoms with Gasteiger partial charge in [0.05, 0.1) is 18.6 Å². The van der Waals surface area contributed by atoms with Crippen molar-refractivity contribution in [1.82, 2.24) is 14.5 Å². The summed E-state index contributed by atoms with van der Waals surface area (Å²) < 4.78 is 18.4. The summed E-state index contributed by atoms with van der Waals surface area (Å²) in [5, 5.41) is 0. The van der Waals surface area contributed by atoms with Gasteiger partial charge in [0.1, 0.15) is 0 Å². The average Bonchev–Trinajstić information content (AvgIpc) is 3.14. The highest BCUT2D eigenvalue weighted by Gasteiger charge is 2.29. The summed E-state index contributed by atoms with van der Waals surface area (Å²) in [7, 11) is 3.81. The van der Waals surface area contributed by atoms with E-state index in [4.69, 9.17) is 14.2 Å². The maximum atomic E-state index is 5.47. The minimum absolute atomic E-state index is 0.315. The summed E-state index contributed by atoms with van der Waals surface area (Å²) in [5.41, 5.74) is 3.68. The third-order valence-electron chi connectivity index (χ3n) is 4.51. The zero-order valence-electron chi connectivity index (χ0n) is 13.5. The van der Waals surface area contributed by atoms with Crippen LogP contribution in [0.15, 0.2) is 24.5 Å². The van der Waals surface area contributed by atoms with Crippen molar-refractivity contribution in [1.29, 1.82) is 0 Å². The first kappa shape index (κ1) is 14.5. The minimum atomic E-state index is 0.315. The van der Waals surface area contributed by atoms with E-state index in [1.807, 2.05) is 12.4 Å². The van der Waals surface area contributed by atoms with Gasteiger partial charge in [0.2, 0.25) is 6.79 Å². The molecule has 0 radical (unpaired) electrons. The predicted molar refractivity (Wildman–Crippen MR) is 84.5 cm³/mol. The lowest BCUT2D eigenvalue weighted by molar-refractivity contribution is 0.132. The van der Waals surface area contributed by atoms with Crippen LogP contribution in [0, 0.1) is 0 Å². The zero-order valence-corrected chi connectivity index (χ0v) is 13.5. The van der Waals surface area contributed by atoms with Gasteiger partial charge in [-0.05, 0) is 17.7 Å². The molecule has 1 atom stereocenters. The number of methoxy groups -OCH3 is 1. The number of hydrogen-bond acceptors (Lipinski definition) is 5. The molecule has 0 spiro atoms. The van der Waals surface area contributed by atoms with Crippen LogP contribution in [0.3, 0.4) is 0 Å². The Bertz CT molecular complexity index is 713. The van der Waals surface area contributed by atoms with Crippen molar-refractivity contribution < 1.29 is 14.2 Å². The lowest BCUT2D eigenvalue weighted by Gasteiger charge is -2.32. The molecule has 23 heavy (non-hydrogen) atoms. The Kier molecular flexibility index (Phi) is 3.71. The van der Waals surface area contributed by atoms with Gasteiger partial charge in [0.25, 0.3) is 0 Å². The smallest absolute Gasteiger partial charge is 0.231 e. The molecule has 0 amide bonds. The van der Waals surface area contributed by atoms with Crippen molar-refractivity contribution in [3.63, 3.8) is 0 Å². The van der Waals surface area contributed by atoms with E-state index in [1.54, 1.807) is 7.11 Å². The molecule has 1 aromatic carbocycles. The molecule has 0 saturated carbocycles. The number of nitrogens with zero attached hydrogens (tertiary/aromatic N) is 3. The van der Waals surface area contributed by atoms with Gasteiger partial charge in [0, 0.05) is 45.4 Å². The van der Waals surface area contributed by atoms with Crippen LogP contribution in [0.1, 0.15) is 22.9 Å². The second-order valence-electron chi connectivity index (χ2n) is 6.20. The number of ether oxygens (including phenoxy) is 3. The summed E-state index contributed by atoms with van der Waals surface area (Å²) in [6, 6.07) is 6.16. The number of hydrogen-bond donors (Lipinski definition) is 0. The highest BCUT2D eigenvalue weighted by molar-refractivity contribution is 5.44. The quantitative estimate of drug-likeness (QED) is 0.862. The van der Waals surface area contributed by atoms with E-state index in [2.05, 4.69) is 33.6 Å². The number of fused-ring (bicyclic) bond motifs is 2. The first-order valence-electron chi connectivity index (χ1n) is 7.84. The fraction of sp³-hybridized carbons (Fsp3) is 0.471. The number of aryl methyl sites for hydroxylation is 1. The lowest BCUT2D eigenvalue weighted by atomic mass is 9.98. The molecule has 2 aliphatic heterocycles. The Morgan fingerprint density at radius 3 is 3.04 bits per heavy atom. The largest absolute Gasteiger partial charge is 0.454 e. The van der Waals surface area contributed by atoms with Crippen molar-refractivity contribution in [2.24, 2.45) is 7.05 Å². The van der Waals surface area contributed by atoms with E-state index in [0.717, 1.165) is 36.8 Å². The van der Waals surface area contributed by atoms with Crippen LogP contribution < -0.4 is 9.47 Å². The van der Waals surface area contributed by atoms with E-state index >= 15 is 0 Å². The number of benzene rings is 1. The molecule has 0 aliphatic carbocycles. The molecule has 6 heteroatoms. The molecule has 1 aromatic heterocycles. The Labute approximate surface area is 135 Å². The van der Waals surface area contributed by atoms with Crippen molar-refractivity contribution in [2.45, 2.75) is 19.0 Å². The van der Waals surface area contributed by atoms with Crippen LogP contribution in [0.25, 0.3) is 0 Å². The zero-order chi connectivity index (χ0) is 15.8. The number of aromatic nitrogens is 2. The minimum Gasteiger partial charge on any atom is -0.454 e. The van der Waals surface area contributed by atoms with Gasteiger partial charge in [-0.15, -0.1) is 0 Å². The van der Waals surface area contributed by atoms with Crippen LogP contribution in [0.5, 0.6) is 11.5 Å². The second kappa shape index (κ2) is 5.86. The van der Waals surface area contributed by atoms with Crippen LogP contribution in [0.4, 0.5) is 0 Å². The fourth-order valence-corrected chi connectivity index (χ4v) is 3.56. The average molecular weight is 315 g/mol. The molecule has 4 rings (SSSR count). The Balaban J connectivity index is 1.54. The number of rotatable bonds is 4. The van der Waals surface area contributed by atoms with Gasteiger partial charge in [-0.1, -0.05) is 6.07 Å². The van der Waals surface area contributed by atoms with E-state index in [9.17, 15) is 0 Å². The normalized spacial score (nSPS) is 19.8. The molecule has 1 unspecified atom stereocenters. The van der Waals surface area contributed by atoms with Gasteiger partial charge in [0.15, 0.2) is 11.5 Å². The van der Waals surface area contributed by atoms with Gasteiger partial charge < -0.3 is 18.8 Å². The highest BCUT2D eigenvalue weighted by atomic mass is 16.7. The molecule has 0 saturated heterocycles. The molecule has 0 fully saturated rings. The summed E-state index contributed by atoms with van der Waals surface area (Å²) in [5.74, 6) is 2.02. The number of imidazole rings is 1. The Morgan fingerprint density at radius 1 is 1.30 bits per heavy atom. The van der Waals surface area contributed by atoms with Gasteiger partial charge in [-0.3, -0.25) is 4.90 Å². The molecule has 2 aliphatic rings. The SMILES string of the molecule is COCC1CN(Cc2ccc3c(c2)OCO3)Cc2ncn(C)c21. The fourth-order valence-electron chi connectivity index (χ4n) is 3.56. The van der Waals surface area contributed by atoms with Gasteiger partial charge in [-0.25, -0.2) is 4.98 Å². The van der Waals surface area contributed by atoms with Gasteiger partial charge >= 0.3 is 0 Å². The summed E-state index contributed by atoms with van der Waals surface area (Å²) in [4.78, 5) is 6.97. The molecule has 2 aromatic rings. The van der Waals surface area contributed by atoms with Crippen LogP contribution in [-0.2, 0) is 24.9 Å². The molecule has 122 valence electrons. The van der Waals surface area contributed by atoms with Crippen molar-refractivity contribution in [2.75, 3.05) is 27.1 Å². The third-order valence-corrected chi connectivity index (χ3v) is 4.51. The van der Waals surface area contributed by atoms with Gasteiger partial charge in [-0.2, -0.15) is 0 Å². The molecular weight excluding hydrogens is 294 g/mol. The first-order valence-corrected chi connectivity index (χ1v) is 7.84. The molecular formula is C17H21N3O3. The lowest BCUT2D eigenvalue weighted by Crippen LogP contribution is -2.35. The highest BCUT2D eigenvalue weighted by Crippen LogP contribution is 2.34. The molecule has 6 nitrogen and oxygen atoms in total.